The Morgan fingerprint density at radius 1 is 1.38 bits per heavy atom. The SMILES string of the molecule is CC(C)N(C)CC(=O)N1CCC2(CC1)CC(Nc1ncccn1)CCO2. The van der Waals surface area contributed by atoms with Gasteiger partial charge in [0.1, 0.15) is 0 Å². The Kier molecular flexibility index (Phi) is 6.09. The monoisotopic (exact) mass is 361 g/mol. The normalized spacial score (nSPS) is 22.8. The second kappa shape index (κ2) is 8.31. The molecule has 1 amide bonds. The molecule has 1 aromatic heterocycles. The fraction of sp³-hybridized carbons (Fsp3) is 0.737. The molecule has 3 rings (SSSR count). The lowest BCUT2D eigenvalue weighted by molar-refractivity contribution is -0.144. The molecule has 1 atom stereocenters. The van der Waals surface area contributed by atoms with E-state index in [0.717, 1.165) is 45.4 Å². The predicted molar refractivity (Wildman–Crippen MR) is 101 cm³/mol. The molecule has 2 saturated heterocycles. The topological polar surface area (TPSA) is 70.6 Å². The van der Waals surface area contributed by atoms with E-state index in [1.165, 1.54) is 0 Å². The maximum Gasteiger partial charge on any atom is 0.236 e. The van der Waals surface area contributed by atoms with Crippen LogP contribution in [0, 0.1) is 0 Å². The summed E-state index contributed by atoms with van der Waals surface area (Å²) in [5, 5.41) is 3.44. The molecule has 2 aliphatic heterocycles. The van der Waals surface area contributed by atoms with Crippen LogP contribution in [0.15, 0.2) is 18.5 Å². The molecular formula is C19H31N5O2. The minimum Gasteiger partial charge on any atom is -0.375 e. The molecule has 0 saturated carbocycles. The van der Waals surface area contributed by atoms with Crippen molar-refractivity contribution in [2.45, 2.75) is 57.2 Å². The van der Waals surface area contributed by atoms with E-state index < -0.39 is 0 Å². The number of hydrogen-bond donors (Lipinski definition) is 1. The highest BCUT2D eigenvalue weighted by Gasteiger charge is 2.41. The van der Waals surface area contributed by atoms with Crippen LogP contribution in [0.5, 0.6) is 0 Å². The van der Waals surface area contributed by atoms with Crippen LogP contribution in [-0.2, 0) is 9.53 Å². The zero-order valence-electron chi connectivity index (χ0n) is 16.1. The van der Waals surface area contributed by atoms with Crippen molar-refractivity contribution in [3.05, 3.63) is 18.5 Å². The van der Waals surface area contributed by atoms with E-state index in [4.69, 9.17) is 4.74 Å². The zero-order chi connectivity index (χ0) is 18.6. The van der Waals surface area contributed by atoms with Gasteiger partial charge in [0.05, 0.1) is 12.1 Å². The fourth-order valence-corrected chi connectivity index (χ4v) is 3.72. The van der Waals surface area contributed by atoms with Crippen LogP contribution < -0.4 is 5.32 Å². The van der Waals surface area contributed by atoms with E-state index in [9.17, 15) is 4.79 Å². The average molecular weight is 361 g/mol. The molecule has 0 bridgehead atoms. The van der Waals surface area contributed by atoms with E-state index in [0.29, 0.717) is 24.6 Å². The van der Waals surface area contributed by atoms with Crippen molar-refractivity contribution < 1.29 is 9.53 Å². The first kappa shape index (κ1) is 19.0. The van der Waals surface area contributed by atoms with E-state index >= 15 is 0 Å². The molecule has 1 N–H and O–H groups in total. The number of ether oxygens (including phenoxy) is 1. The van der Waals surface area contributed by atoms with Crippen molar-refractivity contribution in [2.24, 2.45) is 0 Å². The summed E-state index contributed by atoms with van der Waals surface area (Å²) in [5.74, 6) is 0.901. The number of likely N-dealkylation sites (N-methyl/N-ethyl adjacent to an activating group) is 1. The van der Waals surface area contributed by atoms with Gasteiger partial charge in [0, 0.05) is 44.2 Å². The van der Waals surface area contributed by atoms with Crippen LogP contribution in [0.2, 0.25) is 0 Å². The first-order valence-corrected chi connectivity index (χ1v) is 9.63. The second-order valence-corrected chi connectivity index (χ2v) is 7.83. The number of anilines is 1. The Morgan fingerprint density at radius 2 is 2.08 bits per heavy atom. The third kappa shape index (κ3) is 4.71. The number of nitrogens with zero attached hydrogens (tertiary/aromatic N) is 4. The molecule has 1 aromatic rings. The number of nitrogens with one attached hydrogen (secondary N) is 1. The summed E-state index contributed by atoms with van der Waals surface area (Å²) in [5.41, 5.74) is -0.120. The third-order valence-corrected chi connectivity index (χ3v) is 5.69. The quantitative estimate of drug-likeness (QED) is 0.862. The van der Waals surface area contributed by atoms with Gasteiger partial charge in [-0.1, -0.05) is 0 Å². The van der Waals surface area contributed by atoms with Gasteiger partial charge in [-0.3, -0.25) is 9.69 Å². The number of rotatable bonds is 5. The number of aromatic nitrogens is 2. The third-order valence-electron chi connectivity index (χ3n) is 5.69. The highest BCUT2D eigenvalue weighted by atomic mass is 16.5. The fourth-order valence-electron chi connectivity index (χ4n) is 3.72. The molecule has 0 aromatic carbocycles. The molecule has 3 heterocycles. The van der Waals surface area contributed by atoms with Crippen LogP contribution in [-0.4, -0.2) is 76.6 Å². The van der Waals surface area contributed by atoms with Crippen molar-refractivity contribution in [3.63, 3.8) is 0 Å². The summed E-state index contributed by atoms with van der Waals surface area (Å²) in [6.07, 6.45) is 7.21. The number of amides is 1. The Labute approximate surface area is 156 Å². The van der Waals surface area contributed by atoms with Gasteiger partial charge in [-0.2, -0.15) is 0 Å². The zero-order valence-corrected chi connectivity index (χ0v) is 16.1. The van der Waals surface area contributed by atoms with Gasteiger partial charge < -0.3 is 15.0 Å². The lowest BCUT2D eigenvalue weighted by Crippen LogP contribution is -2.54. The molecular weight excluding hydrogens is 330 g/mol. The molecule has 7 heteroatoms. The van der Waals surface area contributed by atoms with Gasteiger partial charge in [-0.05, 0) is 52.6 Å². The summed E-state index contributed by atoms with van der Waals surface area (Å²) in [7, 11) is 2.00. The Morgan fingerprint density at radius 3 is 2.73 bits per heavy atom. The Balaban J connectivity index is 1.52. The molecule has 7 nitrogen and oxygen atoms in total. The van der Waals surface area contributed by atoms with Crippen LogP contribution >= 0.6 is 0 Å². The molecule has 2 aliphatic rings. The van der Waals surface area contributed by atoms with Crippen molar-refractivity contribution in [3.8, 4) is 0 Å². The summed E-state index contributed by atoms with van der Waals surface area (Å²) in [4.78, 5) is 25.1. The second-order valence-electron chi connectivity index (χ2n) is 7.83. The number of carbonyl (C=O) groups excluding carboxylic acids is 1. The smallest absolute Gasteiger partial charge is 0.236 e. The number of hydrogen-bond acceptors (Lipinski definition) is 6. The largest absolute Gasteiger partial charge is 0.375 e. The lowest BCUT2D eigenvalue weighted by atomic mass is 9.82. The summed E-state index contributed by atoms with van der Waals surface area (Å²) in [6, 6.07) is 2.52. The van der Waals surface area contributed by atoms with Crippen molar-refractivity contribution >= 4 is 11.9 Å². The van der Waals surface area contributed by atoms with Gasteiger partial charge >= 0.3 is 0 Å². The molecule has 2 fully saturated rings. The van der Waals surface area contributed by atoms with Crippen LogP contribution in [0.1, 0.15) is 39.5 Å². The highest BCUT2D eigenvalue weighted by Crippen LogP contribution is 2.35. The summed E-state index contributed by atoms with van der Waals surface area (Å²) < 4.78 is 6.19. The predicted octanol–water partition coefficient (Wildman–Crippen LogP) is 1.77. The maximum absolute atomic E-state index is 12.5. The first-order chi connectivity index (χ1) is 12.5. The molecule has 26 heavy (non-hydrogen) atoms. The minimum atomic E-state index is -0.120. The van der Waals surface area contributed by atoms with E-state index in [-0.39, 0.29) is 11.5 Å². The number of piperidine rings is 1. The molecule has 0 aliphatic carbocycles. The van der Waals surface area contributed by atoms with E-state index in [1.807, 2.05) is 18.0 Å². The molecule has 0 radical (unpaired) electrons. The van der Waals surface area contributed by atoms with Crippen molar-refractivity contribution in [2.75, 3.05) is 38.6 Å². The lowest BCUT2D eigenvalue weighted by Gasteiger charge is -2.46. The van der Waals surface area contributed by atoms with Crippen LogP contribution in [0.4, 0.5) is 5.95 Å². The Bertz CT molecular complexity index is 587. The average Bonchev–Trinajstić information content (AvgIpc) is 2.63. The van der Waals surface area contributed by atoms with E-state index in [2.05, 4.69) is 34.0 Å². The van der Waals surface area contributed by atoms with Crippen LogP contribution in [0.3, 0.4) is 0 Å². The molecule has 1 spiro atoms. The van der Waals surface area contributed by atoms with Gasteiger partial charge in [0.25, 0.3) is 0 Å². The van der Waals surface area contributed by atoms with Gasteiger partial charge in [-0.15, -0.1) is 0 Å². The van der Waals surface area contributed by atoms with Gasteiger partial charge in [0.15, 0.2) is 0 Å². The first-order valence-electron chi connectivity index (χ1n) is 9.63. The van der Waals surface area contributed by atoms with Crippen molar-refractivity contribution in [1.82, 2.24) is 19.8 Å². The molecule has 144 valence electrons. The standard InChI is InChI=1S/C19H31N5O2/c1-15(2)23(3)14-17(25)24-10-6-19(7-11-24)13-16(5-12-26-19)22-18-20-8-4-9-21-18/h4,8-9,15-16H,5-7,10-14H2,1-3H3,(H,20,21,22). The Hall–Kier alpha value is -1.73. The summed E-state index contributed by atoms with van der Waals surface area (Å²) >= 11 is 0. The summed E-state index contributed by atoms with van der Waals surface area (Å²) in [6.45, 7) is 7.00. The minimum absolute atomic E-state index is 0.120. The van der Waals surface area contributed by atoms with Gasteiger partial charge in [0.2, 0.25) is 11.9 Å². The molecule has 1 unspecified atom stereocenters. The maximum atomic E-state index is 12.5. The van der Waals surface area contributed by atoms with Crippen molar-refractivity contribution in [1.29, 1.82) is 0 Å². The number of carbonyl (C=O) groups is 1. The highest BCUT2D eigenvalue weighted by molar-refractivity contribution is 5.78. The van der Waals surface area contributed by atoms with E-state index in [1.54, 1.807) is 12.4 Å². The number of likely N-dealkylation sites (tertiary alicyclic amines) is 1. The van der Waals surface area contributed by atoms with Gasteiger partial charge in [-0.25, -0.2) is 9.97 Å². The van der Waals surface area contributed by atoms with Crippen LogP contribution in [0.25, 0.3) is 0 Å².